The minimum atomic E-state index is -0.833. The Hall–Kier alpha value is 0.107. The van der Waals surface area contributed by atoms with E-state index in [1.54, 1.807) is 0 Å². The summed E-state index contributed by atoms with van der Waals surface area (Å²) in [6, 6.07) is 0. The summed E-state index contributed by atoms with van der Waals surface area (Å²) in [5.41, 5.74) is 0. The number of hydrogen-bond acceptors (Lipinski definition) is 4. The number of rotatable bonds is 0. The molecule has 0 aromatic rings. The average molecular weight is 285 g/mol. The summed E-state index contributed by atoms with van der Waals surface area (Å²) in [6.07, 6.45) is 0. The fraction of sp³-hybridized carbons (Fsp3) is 0.500. The van der Waals surface area contributed by atoms with Crippen LogP contribution in [0.15, 0.2) is 0 Å². The molecule has 0 aliphatic rings. The fourth-order valence-electron chi connectivity index (χ4n) is 0. The van der Waals surface area contributed by atoms with Gasteiger partial charge in [-0.2, -0.15) is 0 Å². The van der Waals surface area contributed by atoms with Crippen molar-refractivity contribution in [2.45, 2.75) is 13.8 Å². The molecule has 0 atom stereocenters. The van der Waals surface area contributed by atoms with Crippen LogP contribution in [-0.2, 0) is 48.5 Å². The summed E-state index contributed by atoms with van der Waals surface area (Å²) in [5, 5.41) is 26.8. The monoisotopic (exact) mass is 282 g/mol. The van der Waals surface area contributed by atoms with Gasteiger partial charge in [-0.15, -0.1) is 0 Å². The zero-order valence-corrected chi connectivity index (χ0v) is 13.0. The average Bonchev–Trinajstić information content (AvgIpc) is 1.66. The fourth-order valence-corrected chi connectivity index (χ4v) is 0. The van der Waals surface area contributed by atoms with Crippen LogP contribution in [0.2, 0.25) is 0 Å². The number of hydrogen-bond donors (Lipinski definition) is 4. The van der Waals surface area contributed by atoms with Crippen LogP contribution >= 0.6 is 0 Å². The maximum absolute atomic E-state index is 9.00. The summed E-state index contributed by atoms with van der Waals surface area (Å²) in [6.45, 7) is 2.17. The molecule has 0 amide bonds. The van der Waals surface area contributed by atoms with Crippen LogP contribution in [0.1, 0.15) is 13.8 Å². The number of carbonyl (C=O) groups is 2. The Morgan fingerprint density at radius 3 is 0.833 bits per heavy atom. The topological polar surface area (TPSA) is 115 Å². The first-order valence-electron chi connectivity index (χ1n) is 2.06. The molecule has 12 heavy (non-hydrogen) atoms. The molecule has 66 valence electrons. The first-order valence-corrected chi connectivity index (χ1v) is 2.06. The van der Waals surface area contributed by atoms with Crippen molar-refractivity contribution in [1.29, 1.82) is 0 Å². The predicted octanol–water partition coefficient (Wildman–Crippen LogP) is 0.194. The van der Waals surface area contributed by atoms with Gasteiger partial charge in [0.15, 0.2) is 0 Å². The van der Waals surface area contributed by atoms with Crippen LogP contribution in [0, 0.1) is 0 Å². The number of aliphatic carboxylic acids is 2. The van der Waals surface area contributed by atoms with Crippen molar-refractivity contribution >= 4 is 11.9 Å². The van der Waals surface area contributed by atoms with Crippen molar-refractivity contribution in [3.8, 4) is 0 Å². The van der Waals surface area contributed by atoms with E-state index in [2.05, 4.69) is 0 Å². The van der Waals surface area contributed by atoms with E-state index in [0.29, 0.717) is 0 Å². The van der Waals surface area contributed by atoms with Crippen LogP contribution in [0.5, 0.6) is 0 Å². The molecule has 0 spiro atoms. The minimum Gasteiger partial charge on any atom is -0.481 e. The Morgan fingerprint density at radius 2 is 0.833 bits per heavy atom. The second-order valence-electron chi connectivity index (χ2n) is 1.04. The van der Waals surface area contributed by atoms with E-state index in [1.807, 2.05) is 0 Å². The van der Waals surface area contributed by atoms with Crippen molar-refractivity contribution in [1.82, 2.24) is 0 Å². The largest absolute Gasteiger partial charge is 0.481 e. The van der Waals surface area contributed by atoms with Crippen molar-refractivity contribution in [2.75, 3.05) is 0 Å². The van der Waals surface area contributed by atoms with Gasteiger partial charge in [-0.1, -0.05) is 0 Å². The Kier molecular flexibility index (Phi) is 75.0. The molecule has 0 aromatic heterocycles. The van der Waals surface area contributed by atoms with E-state index >= 15 is 0 Å². The van der Waals surface area contributed by atoms with E-state index in [9.17, 15) is 0 Å². The van der Waals surface area contributed by atoms with Gasteiger partial charge in [0.1, 0.15) is 0 Å². The molecule has 0 unspecified atom stereocenters. The molecule has 0 fully saturated rings. The van der Waals surface area contributed by atoms with Gasteiger partial charge in [0.25, 0.3) is 11.9 Å². The molecule has 0 heterocycles. The third-order valence-electron chi connectivity index (χ3n) is 0. The van der Waals surface area contributed by atoms with Crippen molar-refractivity contribution in [3.05, 3.63) is 0 Å². The van der Waals surface area contributed by atoms with Gasteiger partial charge in [-0.3, -0.25) is 20.1 Å². The summed E-state index contributed by atoms with van der Waals surface area (Å²) in [4.78, 5) is 18.0. The Bertz CT molecular complexity index is 75.5. The van der Waals surface area contributed by atoms with Gasteiger partial charge in [-0.25, -0.2) is 0 Å². The standard InChI is InChI=1S/2C2H4O2.H2O2.2Zn/c2*1-2(3)4;1-2;;/h2*1H3,(H,3,4);1-2H;;. The molecule has 0 aliphatic heterocycles. The third kappa shape index (κ3) is 73500. The van der Waals surface area contributed by atoms with Crippen LogP contribution in [0.25, 0.3) is 0 Å². The van der Waals surface area contributed by atoms with Crippen LogP contribution < -0.4 is 0 Å². The van der Waals surface area contributed by atoms with Crippen molar-refractivity contribution in [3.63, 3.8) is 0 Å². The molecule has 0 saturated carbocycles. The first-order chi connectivity index (χ1) is 4.46. The first kappa shape index (κ1) is 29.6. The zero-order valence-electron chi connectivity index (χ0n) is 7.02. The van der Waals surface area contributed by atoms with E-state index < -0.39 is 11.9 Å². The molecule has 0 rings (SSSR count). The van der Waals surface area contributed by atoms with Crippen LogP contribution in [0.3, 0.4) is 0 Å². The minimum absolute atomic E-state index is 0. The number of carboxylic acids is 2. The molecular formula is C4H10O6Zn2. The molecule has 0 aromatic carbocycles. The van der Waals surface area contributed by atoms with E-state index in [1.165, 1.54) is 0 Å². The van der Waals surface area contributed by atoms with E-state index in [0.717, 1.165) is 13.8 Å². The van der Waals surface area contributed by atoms with E-state index in [-0.39, 0.29) is 39.0 Å². The third-order valence-corrected chi connectivity index (χ3v) is 0. The smallest absolute Gasteiger partial charge is 0.300 e. The quantitative estimate of drug-likeness (QED) is 0.287. The molecule has 6 nitrogen and oxygen atoms in total. The maximum Gasteiger partial charge on any atom is 0.300 e. The summed E-state index contributed by atoms with van der Waals surface area (Å²) in [7, 11) is 0. The number of carboxylic acid groups (broad SMARTS) is 2. The van der Waals surface area contributed by atoms with Gasteiger partial charge >= 0.3 is 0 Å². The van der Waals surface area contributed by atoms with Crippen molar-refractivity contribution < 1.29 is 69.3 Å². The van der Waals surface area contributed by atoms with Gasteiger partial charge in [0.05, 0.1) is 0 Å². The van der Waals surface area contributed by atoms with E-state index in [4.69, 9.17) is 30.3 Å². The Balaban J connectivity index is -0.0000000198. The summed E-state index contributed by atoms with van der Waals surface area (Å²) in [5.74, 6) is -1.67. The molecular weight excluding hydrogens is 275 g/mol. The second-order valence-corrected chi connectivity index (χ2v) is 1.04. The molecule has 8 heteroatoms. The van der Waals surface area contributed by atoms with Gasteiger partial charge < -0.3 is 10.2 Å². The second kappa shape index (κ2) is 30.4. The van der Waals surface area contributed by atoms with Crippen LogP contribution in [0.4, 0.5) is 0 Å². The molecule has 0 bridgehead atoms. The van der Waals surface area contributed by atoms with Gasteiger partial charge in [-0.05, 0) is 0 Å². The maximum atomic E-state index is 9.00. The SMILES string of the molecule is CC(=O)O.CC(=O)O.OO.[Zn].[Zn]. The van der Waals surface area contributed by atoms with Crippen molar-refractivity contribution in [2.24, 2.45) is 0 Å². The summed E-state index contributed by atoms with van der Waals surface area (Å²) < 4.78 is 0. The van der Waals surface area contributed by atoms with Gasteiger partial charge in [0.2, 0.25) is 0 Å². The Labute approximate surface area is 95.0 Å². The normalized spacial score (nSPS) is 4.67. The molecule has 0 saturated heterocycles. The van der Waals surface area contributed by atoms with Crippen LogP contribution in [-0.4, -0.2) is 32.7 Å². The molecule has 0 aliphatic carbocycles. The Morgan fingerprint density at radius 1 is 0.833 bits per heavy atom. The molecule has 4 N–H and O–H groups in total. The summed E-state index contributed by atoms with van der Waals surface area (Å²) >= 11 is 0. The molecule has 0 radical (unpaired) electrons. The zero-order chi connectivity index (χ0) is 9.15. The van der Waals surface area contributed by atoms with Gasteiger partial charge in [0, 0.05) is 52.8 Å². The predicted molar refractivity (Wildman–Crippen MR) is 31.9 cm³/mol.